The zero-order valence-electron chi connectivity index (χ0n) is 14.8. The molecule has 0 aliphatic rings. The number of benzene rings is 2. The fraction of sp³-hybridized carbons (Fsp3) is 0.100. The molecule has 0 aliphatic carbocycles. The normalized spacial score (nSPS) is 10.6. The van der Waals surface area contributed by atoms with E-state index in [0.29, 0.717) is 18.3 Å². The maximum atomic E-state index is 5.37. The number of aromatic nitrogens is 4. The SMILES string of the molecule is COc1ccccc1CNc1cnnc(Nc2cccc3cccnc23)n1. The Hall–Kier alpha value is -3.74. The van der Waals surface area contributed by atoms with E-state index in [1.54, 1.807) is 19.5 Å². The van der Waals surface area contributed by atoms with Gasteiger partial charge in [0, 0.05) is 23.7 Å². The van der Waals surface area contributed by atoms with E-state index in [4.69, 9.17) is 4.74 Å². The number of para-hydroxylation sites is 2. The molecule has 2 aromatic heterocycles. The summed E-state index contributed by atoms with van der Waals surface area (Å²) in [5.41, 5.74) is 2.72. The lowest BCUT2D eigenvalue weighted by atomic mass is 10.2. The highest BCUT2D eigenvalue weighted by Crippen LogP contribution is 2.23. The topological polar surface area (TPSA) is 84.9 Å². The molecule has 0 fully saturated rings. The number of pyridine rings is 1. The average Bonchev–Trinajstić information content (AvgIpc) is 2.73. The predicted molar refractivity (Wildman–Crippen MR) is 105 cm³/mol. The average molecular weight is 358 g/mol. The van der Waals surface area contributed by atoms with E-state index in [9.17, 15) is 0 Å². The Bertz CT molecular complexity index is 1060. The van der Waals surface area contributed by atoms with Crippen molar-refractivity contribution in [3.63, 3.8) is 0 Å². The number of nitrogens with one attached hydrogen (secondary N) is 2. The van der Waals surface area contributed by atoms with Crippen molar-refractivity contribution in [3.8, 4) is 5.75 Å². The molecule has 0 atom stereocenters. The van der Waals surface area contributed by atoms with Gasteiger partial charge in [-0.1, -0.05) is 36.4 Å². The van der Waals surface area contributed by atoms with Gasteiger partial charge in [0.25, 0.3) is 0 Å². The van der Waals surface area contributed by atoms with Crippen LogP contribution in [-0.4, -0.2) is 27.3 Å². The summed E-state index contributed by atoms with van der Waals surface area (Å²) in [6, 6.07) is 17.7. The third kappa shape index (κ3) is 3.77. The summed E-state index contributed by atoms with van der Waals surface area (Å²) in [6.45, 7) is 0.567. The fourth-order valence-corrected chi connectivity index (χ4v) is 2.80. The maximum Gasteiger partial charge on any atom is 0.249 e. The fourth-order valence-electron chi connectivity index (χ4n) is 2.80. The number of nitrogens with zero attached hydrogens (tertiary/aromatic N) is 4. The van der Waals surface area contributed by atoms with Crippen LogP contribution < -0.4 is 15.4 Å². The van der Waals surface area contributed by atoms with Crippen LogP contribution in [0.3, 0.4) is 0 Å². The van der Waals surface area contributed by atoms with E-state index in [1.807, 2.05) is 54.6 Å². The Morgan fingerprint density at radius 3 is 2.81 bits per heavy atom. The summed E-state index contributed by atoms with van der Waals surface area (Å²) >= 11 is 0. The molecule has 134 valence electrons. The van der Waals surface area contributed by atoms with Crippen molar-refractivity contribution in [2.45, 2.75) is 6.54 Å². The molecule has 0 unspecified atom stereocenters. The Morgan fingerprint density at radius 2 is 1.89 bits per heavy atom. The molecule has 0 aliphatic heterocycles. The molecule has 2 aromatic carbocycles. The summed E-state index contributed by atoms with van der Waals surface area (Å²) in [4.78, 5) is 8.91. The molecule has 0 bridgehead atoms. The molecule has 0 radical (unpaired) electrons. The van der Waals surface area contributed by atoms with Crippen molar-refractivity contribution < 1.29 is 4.74 Å². The summed E-state index contributed by atoms with van der Waals surface area (Å²) in [5, 5.41) is 15.6. The number of rotatable bonds is 6. The van der Waals surface area contributed by atoms with Gasteiger partial charge in [0.15, 0.2) is 5.82 Å². The van der Waals surface area contributed by atoms with Crippen LogP contribution in [0.2, 0.25) is 0 Å². The van der Waals surface area contributed by atoms with Gasteiger partial charge in [0.05, 0.1) is 24.5 Å². The van der Waals surface area contributed by atoms with E-state index in [2.05, 4.69) is 30.8 Å². The van der Waals surface area contributed by atoms with E-state index < -0.39 is 0 Å². The molecule has 2 N–H and O–H groups in total. The van der Waals surface area contributed by atoms with Crippen LogP contribution in [0.1, 0.15) is 5.56 Å². The van der Waals surface area contributed by atoms with Gasteiger partial charge in [-0.3, -0.25) is 4.98 Å². The van der Waals surface area contributed by atoms with Gasteiger partial charge >= 0.3 is 0 Å². The highest BCUT2D eigenvalue weighted by atomic mass is 16.5. The second-order valence-corrected chi connectivity index (χ2v) is 5.84. The Labute approximate surface area is 156 Å². The minimum atomic E-state index is 0.401. The van der Waals surface area contributed by atoms with Gasteiger partial charge < -0.3 is 15.4 Å². The minimum absolute atomic E-state index is 0.401. The van der Waals surface area contributed by atoms with E-state index in [1.165, 1.54) is 0 Å². The van der Waals surface area contributed by atoms with Gasteiger partial charge in [0.1, 0.15) is 5.75 Å². The summed E-state index contributed by atoms with van der Waals surface area (Å²) < 4.78 is 5.37. The van der Waals surface area contributed by atoms with E-state index in [-0.39, 0.29) is 0 Å². The molecule has 7 heteroatoms. The van der Waals surface area contributed by atoms with Gasteiger partial charge in [-0.25, -0.2) is 0 Å². The highest BCUT2D eigenvalue weighted by Gasteiger charge is 2.07. The standard InChI is InChI=1S/C20H18N6O/c1-27-17-10-3-2-6-15(17)12-22-18-13-23-26-20(25-18)24-16-9-4-7-14-8-5-11-21-19(14)16/h2-11,13H,12H2,1H3,(H2,22,24,25,26). The Balaban J connectivity index is 1.52. The van der Waals surface area contributed by atoms with Crippen LogP contribution in [-0.2, 0) is 6.54 Å². The molecule has 4 aromatic rings. The zero-order chi connectivity index (χ0) is 18.5. The molecular weight excluding hydrogens is 340 g/mol. The molecule has 0 saturated heterocycles. The first kappa shape index (κ1) is 16.7. The number of fused-ring (bicyclic) bond motifs is 1. The Morgan fingerprint density at radius 1 is 1.00 bits per heavy atom. The third-order valence-electron chi connectivity index (χ3n) is 4.09. The van der Waals surface area contributed by atoms with Crippen molar-refractivity contribution in [1.82, 2.24) is 20.2 Å². The quantitative estimate of drug-likeness (QED) is 0.542. The number of ether oxygens (including phenoxy) is 1. The van der Waals surface area contributed by atoms with Crippen molar-refractivity contribution >= 4 is 28.4 Å². The second kappa shape index (κ2) is 7.65. The third-order valence-corrected chi connectivity index (χ3v) is 4.09. The molecule has 4 rings (SSSR count). The van der Waals surface area contributed by atoms with Crippen LogP contribution in [0.5, 0.6) is 5.75 Å². The molecule has 0 saturated carbocycles. The lowest BCUT2D eigenvalue weighted by Crippen LogP contribution is -2.06. The molecule has 0 spiro atoms. The summed E-state index contributed by atoms with van der Waals surface area (Å²) in [5.74, 6) is 1.84. The van der Waals surface area contributed by atoms with Crippen LogP contribution >= 0.6 is 0 Å². The molecule has 27 heavy (non-hydrogen) atoms. The highest BCUT2D eigenvalue weighted by molar-refractivity contribution is 5.91. The second-order valence-electron chi connectivity index (χ2n) is 5.84. The van der Waals surface area contributed by atoms with Crippen LogP contribution in [0.4, 0.5) is 17.5 Å². The number of hydrogen-bond acceptors (Lipinski definition) is 7. The molecular formula is C20H18N6O. The summed E-state index contributed by atoms with van der Waals surface area (Å²) in [7, 11) is 1.66. The van der Waals surface area contributed by atoms with E-state index in [0.717, 1.165) is 27.9 Å². The van der Waals surface area contributed by atoms with Crippen LogP contribution in [0, 0.1) is 0 Å². The first-order valence-electron chi connectivity index (χ1n) is 8.50. The number of hydrogen-bond donors (Lipinski definition) is 2. The van der Waals surface area contributed by atoms with Crippen LogP contribution in [0.15, 0.2) is 67.0 Å². The lowest BCUT2D eigenvalue weighted by molar-refractivity contribution is 0.410. The minimum Gasteiger partial charge on any atom is -0.496 e. The predicted octanol–water partition coefficient (Wildman–Crippen LogP) is 3.78. The van der Waals surface area contributed by atoms with Crippen molar-refractivity contribution in [1.29, 1.82) is 0 Å². The van der Waals surface area contributed by atoms with Crippen LogP contribution in [0.25, 0.3) is 10.9 Å². The monoisotopic (exact) mass is 358 g/mol. The van der Waals surface area contributed by atoms with Crippen molar-refractivity contribution in [3.05, 3.63) is 72.6 Å². The number of anilines is 3. The molecule has 2 heterocycles. The van der Waals surface area contributed by atoms with Gasteiger partial charge in [-0.2, -0.15) is 10.1 Å². The first-order valence-corrected chi connectivity index (χ1v) is 8.50. The first-order chi connectivity index (χ1) is 13.3. The lowest BCUT2D eigenvalue weighted by Gasteiger charge is -2.11. The summed E-state index contributed by atoms with van der Waals surface area (Å²) in [6.07, 6.45) is 3.35. The molecule has 7 nitrogen and oxygen atoms in total. The van der Waals surface area contributed by atoms with Crippen molar-refractivity contribution in [2.24, 2.45) is 0 Å². The van der Waals surface area contributed by atoms with Gasteiger partial charge in [-0.05, 0) is 18.2 Å². The van der Waals surface area contributed by atoms with Gasteiger partial charge in [0.2, 0.25) is 5.95 Å². The molecule has 0 amide bonds. The van der Waals surface area contributed by atoms with Gasteiger partial charge in [-0.15, -0.1) is 5.10 Å². The Kier molecular flexibility index (Phi) is 4.74. The largest absolute Gasteiger partial charge is 0.496 e. The number of methoxy groups -OCH3 is 1. The zero-order valence-corrected chi connectivity index (χ0v) is 14.8. The smallest absolute Gasteiger partial charge is 0.249 e. The maximum absolute atomic E-state index is 5.37. The van der Waals surface area contributed by atoms with Crippen molar-refractivity contribution in [2.75, 3.05) is 17.7 Å². The van der Waals surface area contributed by atoms with E-state index >= 15 is 0 Å².